The van der Waals surface area contributed by atoms with E-state index in [0.29, 0.717) is 28.6 Å². The number of amides is 2. The summed E-state index contributed by atoms with van der Waals surface area (Å²) in [5.41, 5.74) is 2.44. The van der Waals surface area contributed by atoms with Gasteiger partial charge in [0.1, 0.15) is 11.8 Å². The third kappa shape index (κ3) is 7.46. The number of carbonyl (C=O) groups excluding carboxylic acids is 2. The van der Waals surface area contributed by atoms with Gasteiger partial charge in [-0.25, -0.2) is 0 Å². The van der Waals surface area contributed by atoms with Gasteiger partial charge in [0, 0.05) is 42.2 Å². The summed E-state index contributed by atoms with van der Waals surface area (Å²) >= 11 is 2.00. The van der Waals surface area contributed by atoms with Crippen LogP contribution >= 0.6 is 22.6 Å². The molecule has 0 saturated heterocycles. The predicted molar refractivity (Wildman–Crippen MR) is 150 cm³/mol. The van der Waals surface area contributed by atoms with E-state index in [4.69, 9.17) is 0 Å². The molecule has 1 atom stereocenters. The lowest BCUT2D eigenvalue weighted by Gasteiger charge is -2.28. The summed E-state index contributed by atoms with van der Waals surface area (Å²) in [5, 5.41) is 13.9. The summed E-state index contributed by atoms with van der Waals surface area (Å²) in [6, 6.07) is 12.0. The first-order valence-corrected chi connectivity index (χ1v) is 13.7. The average molecular weight is 590 g/mol. The zero-order valence-electron chi connectivity index (χ0n) is 20.6. The van der Waals surface area contributed by atoms with E-state index in [1.54, 1.807) is 12.1 Å². The molecule has 188 valence electrons. The van der Waals surface area contributed by atoms with E-state index in [-0.39, 0.29) is 17.6 Å². The van der Waals surface area contributed by atoms with Gasteiger partial charge in [0.25, 0.3) is 5.91 Å². The van der Waals surface area contributed by atoms with Crippen LogP contribution in [0.4, 0.5) is 0 Å². The maximum atomic E-state index is 13.8. The van der Waals surface area contributed by atoms with Gasteiger partial charge in [-0.1, -0.05) is 57.7 Å². The lowest BCUT2D eigenvalue weighted by atomic mass is 10.0. The van der Waals surface area contributed by atoms with Gasteiger partial charge < -0.3 is 20.3 Å². The minimum Gasteiger partial charge on any atom is -0.507 e. The maximum absolute atomic E-state index is 13.8. The quantitative estimate of drug-likeness (QED) is 0.168. The molecule has 0 saturated carbocycles. The topological polar surface area (TPSA) is 85.4 Å². The number of phenols is 1. The van der Waals surface area contributed by atoms with E-state index in [0.717, 1.165) is 55.0 Å². The molecule has 0 aliphatic rings. The van der Waals surface area contributed by atoms with Gasteiger partial charge in [-0.2, -0.15) is 0 Å². The molecule has 0 radical (unpaired) electrons. The molecule has 1 heterocycles. The van der Waals surface area contributed by atoms with Crippen LogP contribution in [0.2, 0.25) is 0 Å². The Kier molecular flexibility index (Phi) is 10.4. The first kappa shape index (κ1) is 27.0. The lowest BCUT2D eigenvalue weighted by molar-refractivity contribution is -0.133. The monoisotopic (exact) mass is 589 g/mol. The number of benzene rings is 2. The highest BCUT2D eigenvalue weighted by molar-refractivity contribution is 14.1. The Bertz CT molecular complexity index is 1120. The van der Waals surface area contributed by atoms with Crippen molar-refractivity contribution in [2.24, 2.45) is 0 Å². The molecule has 0 unspecified atom stereocenters. The van der Waals surface area contributed by atoms with Crippen molar-refractivity contribution in [2.75, 3.05) is 13.1 Å². The smallest absolute Gasteiger partial charge is 0.251 e. The lowest BCUT2D eigenvalue weighted by Crippen LogP contribution is -2.50. The zero-order valence-corrected chi connectivity index (χ0v) is 22.8. The number of nitrogens with one attached hydrogen (secondary N) is 2. The zero-order chi connectivity index (χ0) is 25.2. The molecule has 2 amide bonds. The Balaban J connectivity index is 1.87. The molecule has 0 spiro atoms. The SMILES string of the molecule is CCCCCN(CCCCC)C(=O)[C@@H](Cc1c[nH]c2ccccc12)NC(=O)c1ccc(O)c(I)c1. The highest BCUT2D eigenvalue weighted by atomic mass is 127. The molecule has 0 aliphatic carbocycles. The van der Waals surface area contributed by atoms with Gasteiger partial charge >= 0.3 is 0 Å². The number of aromatic nitrogens is 1. The predicted octanol–water partition coefficient (Wildman–Crippen LogP) is 6.03. The Morgan fingerprint density at radius 1 is 1.03 bits per heavy atom. The third-order valence-electron chi connectivity index (χ3n) is 6.29. The molecular formula is C28H36IN3O3. The highest BCUT2D eigenvalue weighted by Gasteiger charge is 2.27. The van der Waals surface area contributed by atoms with Crippen molar-refractivity contribution in [3.63, 3.8) is 0 Å². The van der Waals surface area contributed by atoms with E-state index in [1.165, 1.54) is 6.07 Å². The summed E-state index contributed by atoms with van der Waals surface area (Å²) in [6.45, 7) is 5.71. The average Bonchev–Trinajstić information content (AvgIpc) is 3.27. The van der Waals surface area contributed by atoms with Crippen LogP contribution in [0, 0.1) is 3.57 Å². The fraction of sp³-hybridized carbons (Fsp3) is 0.429. The molecule has 3 aromatic rings. The van der Waals surface area contributed by atoms with Crippen LogP contribution < -0.4 is 5.32 Å². The second-order valence-electron chi connectivity index (χ2n) is 9.00. The second kappa shape index (κ2) is 13.5. The number of phenolic OH excluding ortho intramolecular Hbond substituents is 1. The van der Waals surface area contributed by atoms with E-state index in [2.05, 4.69) is 24.1 Å². The summed E-state index contributed by atoms with van der Waals surface area (Å²) < 4.78 is 0.593. The molecule has 1 aromatic heterocycles. The molecule has 0 aliphatic heterocycles. The van der Waals surface area contributed by atoms with Gasteiger partial charge in [0.05, 0.1) is 3.57 Å². The van der Waals surface area contributed by atoms with Crippen molar-refractivity contribution in [3.8, 4) is 5.75 Å². The minimum atomic E-state index is -0.684. The van der Waals surface area contributed by atoms with Crippen molar-refractivity contribution in [1.82, 2.24) is 15.2 Å². The number of hydrogen-bond acceptors (Lipinski definition) is 3. The molecule has 3 N–H and O–H groups in total. The molecule has 7 heteroatoms. The number of para-hydroxylation sites is 1. The normalized spacial score (nSPS) is 12.0. The fourth-order valence-electron chi connectivity index (χ4n) is 4.27. The number of aromatic amines is 1. The van der Waals surface area contributed by atoms with Crippen LogP contribution in [-0.2, 0) is 11.2 Å². The van der Waals surface area contributed by atoms with Crippen molar-refractivity contribution in [3.05, 3.63) is 63.4 Å². The van der Waals surface area contributed by atoms with Crippen molar-refractivity contribution < 1.29 is 14.7 Å². The van der Waals surface area contributed by atoms with Crippen molar-refractivity contribution in [1.29, 1.82) is 0 Å². The Hall–Kier alpha value is -2.55. The van der Waals surface area contributed by atoms with Gasteiger partial charge in [-0.05, 0) is 65.3 Å². The molecule has 2 aromatic carbocycles. The van der Waals surface area contributed by atoms with Crippen molar-refractivity contribution >= 4 is 45.3 Å². The number of fused-ring (bicyclic) bond motifs is 1. The Morgan fingerprint density at radius 3 is 2.37 bits per heavy atom. The number of aromatic hydroxyl groups is 1. The molecular weight excluding hydrogens is 553 g/mol. The molecule has 6 nitrogen and oxygen atoms in total. The van der Waals surface area contributed by atoms with Crippen molar-refractivity contribution in [2.45, 2.75) is 64.8 Å². The maximum Gasteiger partial charge on any atom is 0.251 e. The standard InChI is InChI=1S/C28H36IN3O3/c1-3-5-9-15-32(16-10-6-4-2)28(35)25(18-21-19-30-24-12-8-7-11-22(21)24)31-27(34)20-13-14-26(33)23(29)17-20/h7-8,11-14,17,19,25,30,33H,3-6,9-10,15-16,18H2,1-2H3,(H,31,34)/t25-/m1/s1. The molecule has 0 bridgehead atoms. The fourth-order valence-corrected chi connectivity index (χ4v) is 4.78. The van der Waals surface area contributed by atoms with Crippen LogP contribution in [0.3, 0.4) is 0 Å². The molecule has 35 heavy (non-hydrogen) atoms. The summed E-state index contributed by atoms with van der Waals surface area (Å²) in [5.74, 6) is -0.223. The van der Waals surface area contributed by atoms with Crippen LogP contribution in [-0.4, -0.2) is 45.9 Å². The third-order valence-corrected chi connectivity index (χ3v) is 7.15. The van der Waals surface area contributed by atoms with E-state index in [9.17, 15) is 14.7 Å². The van der Waals surface area contributed by atoms with Crippen LogP contribution in [0.1, 0.15) is 68.3 Å². The number of rotatable bonds is 13. The summed E-state index contributed by atoms with van der Waals surface area (Å²) in [4.78, 5) is 32.2. The van der Waals surface area contributed by atoms with Gasteiger partial charge in [0.15, 0.2) is 0 Å². The molecule has 0 fully saturated rings. The number of carbonyl (C=O) groups is 2. The molecule has 3 rings (SSSR count). The number of unbranched alkanes of at least 4 members (excludes halogenated alkanes) is 4. The van der Waals surface area contributed by atoms with Crippen LogP contribution in [0.25, 0.3) is 10.9 Å². The van der Waals surface area contributed by atoms with Crippen LogP contribution in [0.15, 0.2) is 48.7 Å². The number of halogens is 1. The Morgan fingerprint density at radius 2 is 1.71 bits per heavy atom. The first-order chi connectivity index (χ1) is 16.9. The minimum absolute atomic E-state index is 0.0377. The Labute approximate surface area is 221 Å². The van der Waals surface area contributed by atoms with Crippen LogP contribution in [0.5, 0.6) is 5.75 Å². The number of nitrogens with zero attached hydrogens (tertiary/aromatic N) is 1. The highest BCUT2D eigenvalue weighted by Crippen LogP contribution is 2.22. The number of hydrogen-bond donors (Lipinski definition) is 3. The van der Waals surface area contributed by atoms with Gasteiger partial charge in [0.2, 0.25) is 5.91 Å². The number of H-pyrrole nitrogens is 1. The van der Waals surface area contributed by atoms with E-state index in [1.807, 2.05) is 58.0 Å². The first-order valence-electron chi connectivity index (χ1n) is 12.6. The van der Waals surface area contributed by atoms with Gasteiger partial charge in [-0.3, -0.25) is 9.59 Å². The largest absolute Gasteiger partial charge is 0.507 e. The van der Waals surface area contributed by atoms with E-state index < -0.39 is 6.04 Å². The van der Waals surface area contributed by atoms with Gasteiger partial charge in [-0.15, -0.1) is 0 Å². The van der Waals surface area contributed by atoms with E-state index >= 15 is 0 Å². The second-order valence-corrected chi connectivity index (χ2v) is 10.2. The summed E-state index contributed by atoms with van der Waals surface area (Å²) in [6.07, 6.45) is 8.57. The summed E-state index contributed by atoms with van der Waals surface area (Å²) in [7, 11) is 0.